The fourth-order valence-corrected chi connectivity index (χ4v) is 1.89. The quantitative estimate of drug-likeness (QED) is 0.516. The van der Waals surface area contributed by atoms with Crippen LogP contribution in [0.2, 0.25) is 0 Å². The van der Waals surface area contributed by atoms with Gasteiger partial charge in [-0.05, 0) is 54.2 Å². The van der Waals surface area contributed by atoms with Crippen LogP contribution in [0.15, 0.2) is 53.6 Å². The summed E-state index contributed by atoms with van der Waals surface area (Å²) in [6, 6.07) is 13.9. The van der Waals surface area contributed by atoms with E-state index in [1.165, 1.54) is 12.1 Å². The monoisotopic (exact) mass is 316 g/mol. The van der Waals surface area contributed by atoms with Gasteiger partial charge in [0.15, 0.2) is 5.11 Å². The van der Waals surface area contributed by atoms with Crippen molar-refractivity contribution in [1.29, 1.82) is 0 Å². The lowest BCUT2D eigenvalue weighted by Gasteiger charge is -2.11. The Morgan fingerprint density at radius 1 is 1.09 bits per heavy atom. The van der Waals surface area contributed by atoms with Gasteiger partial charge in [-0.2, -0.15) is 5.10 Å². The molecule has 0 aromatic heterocycles. The summed E-state index contributed by atoms with van der Waals surface area (Å²) in [5.41, 5.74) is 5.50. The van der Waals surface area contributed by atoms with E-state index in [2.05, 4.69) is 15.8 Å². The van der Waals surface area contributed by atoms with E-state index in [0.717, 1.165) is 11.3 Å². The third kappa shape index (κ3) is 4.82. The highest BCUT2D eigenvalue weighted by atomic mass is 32.1. The van der Waals surface area contributed by atoms with Crippen molar-refractivity contribution in [2.75, 3.05) is 24.3 Å². The second-order valence-electron chi connectivity index (χ2n) is 4.82. The standard InChI is InChI=1S/C16H17FN4S/c1-21(2)15-9-3-12(4-10-15)11-18-20-16(22)19-14-7-5-13(17)6-8-14/h3-11H,1-2H3,(H2,19,20,22). The SMILES string of the molecule is CN(C)c1ccc(C=NNC(=S)Nc2ccc(F)cc2)cc1. The molecule has 114 valence electrons. The Hall–Kier alpha value is -2.47. The Morgan fingerprint density at radius 2 is 1.73 bits per heavy atom. The minimum atomic E-state index is -0.288. The summed E-state index contributed by atoms with van der Waals surface area (Å²) in [5.74, 6) is -0.288. The van der Waals surface area contributed by atoms with Crippen LogP contribution in [-0.2, 0) is 0 Å². The average molecular weight is 316 g/mol. The molecule has 6 heteroatoms. The van der Waals surface area contributed by atoms with E-state index in [1.807, 2.05) is 43.3 Å². The molecule has 0 aliphatic heterocycles. The van der Waals surface area contributed by atoms with Gasteiger partial charge in [-0.3, -0.25) is 5.43 Å². The van der Waals surface area contributed by atoms with Gasteiger partial charge in [0.1, 0.15) is 5.82 Å². The summed E-state index contributed by atoms with van der Waals surface area (Å²) in [7, 11) is 3.98. The summed E-state index contributed by atoms with van der Waals surface area (Å²) in [6.07, 6.45) is 1.68. The molecule has 2 N–H and O–H groups in total. The molecule has 4 nitrogen and oxygen atoms in total. The molecule has 0 saturated carbocycles. The third-order valence-electron chi connectivity index (χ3n) is 2.89. The largest absolute Gasteiger partial charge is 0.378 e. The van der Waals surface area contributed by atoms with Gasteiger partial charge in [0.2, 0.25) is 0 Å². The fraction of sp³-hybridized carbons (Fsp3) is 0.125. The Balaban J connectivity index is 1.86. The van der Waals surface area contributed by atoms with Gasteiger partial charge in [0.05, 0.1) is 6.21 Å². The highest BCUT2D eigenvalue weighted by Gasteiger charge is 1.97. The van der Waals surface area contributed by atoms with Crippen molar-refractivity contribution in [3.8, 4) is 0 Å². The van der Waals surface area contributed by atoms with Crippen LogP contribution in [0, 0.1) is 5.82 Å². The first-order valence-electron chi connectivity index (χ1n) is 6.67. The molecule has 0 saturated heterocycles. The zero-order valence-electron chi connectivity index (χ0n) is 12.4. The lowest BCUT2D eigenvalue weighted by molar-refractivity contribution is 0.628. The molecule has 0 aliphatic carbocycles. The van der Waals surface area contributed by atoms with Gasteiger partial charge in [-0.25, -0.2) is 4.39 Å². The highest BCUT2D eigenvalue weighted by molar-refractivity contribution is 7.80. The number of thiocarbonyl (C=S) groups is 1. The second-order valence-corrected chi connectivity index (χ2v) is 5.23. The van der Waals surface area contributed by atoms with Crippen molar-refractivity contribution < 1.29 is 4.39 Å². The fourth-order valence-electron chi connectivity index (χ4n) is 1.72. The van der Waals surface area contributed by atoms with Gasteiger partial charge < -0.3 is 10.2 Å². The molecule has 0 bridgehead atoms. The first kappa shape index (κ1) is 15.9. The highest BCUT2D eigenvalue weighted by Crippen LogP contribution is 2.11. The topological polar surface area (TPSA) is 39.7 Å². The van der Waals surface area contributed by atoms with Crippen LogP contribution in [0.5, 0.6) is 0 Å². The third-order valence-corrected chi connectivity index (χ3v) is 3.08. The molecule has 0 heterocycles. The van der Waals surface area contributed by atoms with Crippen LogP contribution < -0.4 is 15.6 Å². The van der Waals surface area contributed by atoms with Gasteiger partial charge >= 0.3 is 0 Å². The van der Waals surface area contributed by atoms with E-state index in [1.54, 1.807) is 18.3 Å². The van der Waals surface area contributed by atoms with Crippen LogP contribution in [0.1, 0.15) is 5.56 Å². The molecule has 2 aromatic rings. The predicted octanol–water partition coefficient (Wildman–Crippen LogP) is 3.21. The minimum absolute atomic E-state index is 0.288. The van der Waals surface area contributed by atoms with Crippen LogP contribution in [0.3, 0.4) is 0 Å². The molecule has 0 amide bonds. The maximum Gasteiger partial charge on any atom is 0.191 e. The average Bonchev–Trinajstić information content (AvgIpc) is 2.50. The van der Waals surface area contributed by atoms with Gasteiger partial charge in [-0.1, -0.05) is 12.1 Å². The Morgan fingerprint density at radius 3 is 2.32 bits per heavy atom. The lowest BCUT2D eigenvalue weighted by atomic mass is 10.2. The van der Waals surface area contributed by atoms with Crippen molar-refractivity contribution in [3.05, 3.63) is 59.9 Å². The zero-order chi connectivity index (χ0) is 15.9. The van der Waals surface area contributed by atoms with Crippen molar-refractivity contribution in [1.82, 2.24) is 5.43 Å². The summed E-state index contributed by atoms with van der Waals surface area (Å²) in [5, 5.41) is 7.32. The molecule has 0 atom stereocenters. The number of hydrazone groups is 1. The van der Waals surface area contributed by atoms with Crippen molar-refractivity contribution in [2.45, 2.75) is 0 Å². The number of benzene rings is 2. The normalized spacial score (nSPS) is 10.5. The van der Waals surface area contributed by atoms with Crippen molar-refractivity contribution in [2.24, 2.45) is 5.10 Å². The Bertz CT molecular complexity index is 651. The van der Waals surface area contributed by atoms with Crippen molar-refractivity contribution in [3.63, 3.8) is 0 Å². The Labute approximate surface area is 134 Å². The predicted molar refractivity (Wildman–Crippen MR) is 94.1 cm³/mol. The molecule has 0 unspecified atom stereocenters. The number of hydrogen-bond acceptors (Lipinski definition) is 3. The molecular weight excluding hydrogens is 299 g/mol. The number of rotatable bonds is 4. The molecule has 0 spiro atoms. The number of nitrogens with one attached hydrogen (secondary N) is 2. The molecule has 2 rings (SSSR count). The zero-order valence-corrected chi connectivity index (χ0v) is 13.2. The van der Waals surface area contributed by atoms with Crippen LogP contribution >= 0.6 is 12.2 Å². The number of hydrogen-bond donors (Lipinski definition) is 2. The summed E-state index contributed by atoms with van der Waals surface area (Å²) in [4.78, 5) is 2.03. The molecule has 22 heavy (non-hydrogen) atoms. The summed E-state index contributed by atoms with van der Waals surface area (Å²) >= 11 is 5.10. The van der Waals surface area contributed by atoms with Crippen molar-refractivity contribution >= 4 is 34.9 Å². The summed E-state index contributed by atoms with van der Waals surface area (Å²) < 4.78 is 12.8. The van der Waals surface area contributed by atoms with E-state index in [4.69, 9.17) is 12.2 Å². The number of halogens is 1. The molecule has 0 radical (unpaired) electrons. The lowest BCUT2D eigenvalue weighted by Crippen LogP contribution is -2.23. The van der Waals surface area contributed by atoms with Gasteiger partial charge in [0, 0.05) is 25.5 Å². The molecular formula is C16H17FN4S. The maximum absolute atomic E-state index is 12.8. The number of anilines is 2. The minimum Gasteiger partial charge on any atom is -0.378 e. The van der Waals surface area contributed by atoms with E-state index in [-0.39, 0.29) is 5.82 Å². The van der Waals surface area contributed by atoms with Gasteiger partial charge in [0.25, 0.3) is 0 Å². The molecule has 2 aromatic carbocycles. The maximum atomic E-state index is 12.8. The van der Waals surface area contributed by atoms with E-state index in [0.29, 0.717) is 10.8 Å². The van der Waals surface area contributed by atoms with Crippen LogP contribution in [-0.4, -0.2) is 25.4 Å². The van der Waals surface area contributed by atoms with Crippen LogP contribution in [0.25, 0.3) is 0 Å². The second kappa shape index (κ2) is 7.51. The smallest absolute Gasteiger partial charge is 0.191 e. The first-order valence-corrected chi connectivity index (χ1v) is 7.08. The van der Waals surface area contributed by atoms with E-state index in [9.17, 15) is 4.39 Å². The summed E-state index contributed by atoms with van der Waals surface area (Å²) in [6.45, 7) is 0. The number of nitrogens with zero attached hydrogens (tertiary/aromatic N) is 2. The Kier molecular flexibility index (Phi) is 5.43. The molecule has 0 aliphatic rings. The van der Waals surface area contributed by atoms with Crippen LogP contribution in [0.4, 0.5) is 15.8 Å². The van der Waals surface area contributed by atoms with E-state index >= 15 is 0 Å². The van der Waals surface area contributed by atoms with Gasteiger partial charge in [-0.15, -0.1) is 0 Å². The van der Waals surface area contributed by atoms with E-state index < -0.39 is 0 Å². The first-order chi connectivity index (χ1) is 10.5. The molecule has 0 fully saturated rings.